The molecule has 0 spiro atoms. The van der Waals surface area contributed by atoms with Crippen molar-refractivity contribution in [2.75, 3.05) is 38.7 Å². The Bertz CT molecular complexity index is 595. The molecule has 0 unspecified atom stereocenters. The maximum atomic E-state index is 12.4. The number of hydrogen-bond acceptors (Lipinski definition) is 4. The molecule has 23 heavy (non-hydrogen) atoms. The molecule has 2 aliphatic heterocycles. The number of nitrogens with zero attached hydrogens (tertiary/aromatic N) is 1. The number of benzene rings is 1. The van der Waals surface area contributed by atoms with E-state index in [1.165, 1.54) is 12.7 Å². The lowest BCUT2D eigenvalue weighted by atomic mass is 10.0. The Labute approximate surface area is 136 Å². The topological polar surface area (TPSA) is 70.7 Å². The second-order valence-electron chi connectivity index (χ2n) is 6.11. The van der Waals surface area contributed by atoms with Crippen LogP contribution in [0.1, 0.15) is 28.8 Å². The largest absolute Gasteiger partial charge is 0.384 e. The maximum absolute atomic E-state index is 12.4. The maximum Gasteiger partial charge on any atom is 0.251 e. The molecule has 1 aromatic rings. The molecule has 0 atom stereocenters. The first-order valence-corrected chi connectivity index (χ1v) is 8.12. The minimum atomic E-state index is -0.0265. The first kappa shape index (κ1) is 15.8. The summed E-state index contributed by atoms with van der Waals surface area (Å²) in [5.74, 6) is -0.00948. The molecule has 2 N–H and O–H groups in total. The van der Waals surface area contributed by atoms with Crippen LogP contribution in [-0.2, 0) is 16.0 Å². The molecule has 0 saturated carbocycles. The average Bonchev–Trinajstić information content (AvgIpc) is 3.03. The molecule has 1 aromatic carbocycles. The van der Waals surface area contributed by atoms with E-state index in [2.05, 4.69) is 10.6 Å². The van der Waals surface area contributed by atoms with Crippen LogP contribution in [0.5, 0.6) is 0 Å². The van der Waals surface area contributed by atoms with Crippen molar-refractivity contribution in [1.29, 1.82) is 0 Å². The summed E-state index contributed by atoms with van der Waals surface area (Å²) < 4.78 is 4.88. The van der Waals surface area contributed by atoms with Gasteiger partial charge in [-0.15, -0.1) is 0 Å². The van der Waals surface area contributed by atoms with Gasteiger partial charge in [-0.25, -0.2) is 0 Å². The predicted molar refractivity (Wildman–Crippen MR) is 87.6 cm³/mol. The summed E-state index contributed by atoms with van der Waals surface area (Å²) in [7, 11) is 1.52. The Kier molecular flexibility index (Phi) is 4.81. The first-order valence-electron chi connectivity index (χ1n) is 8.12. The van der Waals surface area contributed by atoms with Gasteiger partial charge in [-0.3, -0.25) is 9.59 Å². The predicted octanol–water partition coefficient (Wildman–Crippen LogP) is 1.02. The number of carbonyl (C=O) groups excluding carboxylic acids is 2. The molecule has 6 nitrogen and oxygen atoms in total. The van der Waals surface area contributed by atoms with Gasteiger partial charge in [-0.2, -0.15) is 0 Å². The monoisotopic (exact) mass is 317 g/mol. The zero-order valence-electron chi connectivity index (χ0n) is 13.4. The third kappa shape index (κ3) is 3.64. The number of carbonyl (C=O) groups is 2. The fourth-order valence-electron chi connectivity index (χ4n) is 3.20. The Balaban J connectivity index is 1.52. The van der Waals surface area contributed by atoms with Crippen molar-refractivity contribution >= 4 is 17.5 Å². The lowest BCUT2D eigenvalue weighted by molar-refractivity contribution is -0.136. The lowest BCUT2D eigenvalue weighted by Gasteiger charge is -2.32. The Hall–Kier alpha value is -2.08. The highest BCUT2D eigenvalue weighted by Crippen LogP contribution is 2.23. The van der Waals surface area contributed by atoms with Gasteiger partial charge in [0.25, 0.3) is 5.91 Å². The summed E-state index contributed by atoms with van der Waals surface area (Å²) in [6.45, 7) is 2.40. The molecule has 0 aliphatic carbocycles. The zero-order valence-corrected chi connectivity index (χ0v) is 13.4. The number of rotatable bonds is 4. The van der Waals surface area contributed by atoms with Crippen molar-refractivity contribution in [3.8, 4) is 0 Å². The van der Waals surface area contributed by atoms with Gasteiger partial charge < -0.3 is 20.3 Å². The van der Waals surface area contributed by atoms with Gasteiger partial charge >= 0.3 is 0 Å². The molecule has 2 aliphatic rings. The quantitative estimate of drug-likeness (QED) is 0.870. The number of amides is 2. The van der Waals surface area contributed by atoms with Crippen LogP contribution in [-0.4, -0.2) is 56.1 Å². The van der Waals surface area contributed by atoms with Gasteiger partial charge in [0.2, 0.25) is 5.91 Å². The average molecular weight is 317 g/mol. The summed E-state index contributed by atoms with van der Waals surface area (Å²) >= 11 is 0. The van der Waals surface area contributed by atoms with E-state index in [0.29, 0.717) is 18.7 Å². The molecular weight excluding hydrogens is 294 g/mol. The molecule has 0 aromatic heterocycles. The fraction of sp³-hybridized carbons (Fsp3) is 0.529. The van der Waals surface area contributed by atoms with Crippen molar-refractivity contribution in [3.05, 3.63) is 29.3 Å². The third-order valence-electron chi connectivity index (χ3n) is 4.53. The van der Waals surface area contributed by atoms with Gasteiger partial charge in [-0.05, 0) is 43.0 Å². The van der Waals surface area contributed by atoms with E-state index in [0.717, 1.165) is 31.5 Å². The van der Waals surface area contributed by atoms with Gasteiger partial charge in [-0.1, -0.05) is 0 Å². The molecule has 0 radical (unpaired) electrons. The van der Waals surface area contributed by atoms with Crippen LogP contribution in [0.15, 0.2) is 18.2 Å². The highest BCUT2D eigenvalue weighted by atomic mass is 16.5. The van der Waals surface area contributed by atoms with Crippen molar-refractivity contribution < 1.29 is 14.3 Å². The van der Waals surface area contributed by atoms with Crippen molar-refractivity contribution in [1.82, 2.24) is 10.2 Å². The first-order chi connectivity index (χ1) is 11.2. The molecule has 2 amide bonds. The standard InChI is InChI=1S/C17H23N3O3/c1-23-11-16(21)20-8-5-14(6-9-20)19-17(22)13-2-3-15-12(10-13)4-7-18-15/h2-3,10,14,18H,4-9,11H2,1H3,(H,19,22). The van der Waals surface area contributed by atoms with Crippen molar-refractivity contribution in [2.45, 2.75) is 25.3 Å². The number of hydrogen-bond donors (Lipinski definition) is 2. The molecular formula is C17H23N3O3. The van der Waals surface area contributed by atoms with E-state index in [4.69, 9.17) is 4.74 Å². The molecule has 2 heterocycles. The van der Waals surface area contributed by atoms with Crippen LogP contribution >= 0.6 is 0 Å². The SMILES string of the molecule is COCC(=O)N1CCC(NC(=O)c2ccc3c(c2)CCN3)CC1. The summed E-state index contributed by atoms with van der Waals surface area (Å²) in [5.41, 5.74) is 3.05. The second kappa shape index (κ2) is 7.00. The van der Waals surface area contributed by atoms with E-state index >= 15 is 0 Å². The summed E-state index contributed by atoms with van der Waals surface area (Å²) in [4.78, 5) is 26.0. The summed E-state index contributed by atoms with van der Waals surface area (Å²) in [6.07, 6.45) is 2.54. The normalized spacial score (nSPS) is 17.5. The Morgan fingerprint density at radius 2 is 2.13 bits per heavy atom. The van der Waals surface area contributed by atoms with Crippen LogP contribution < -0.4 is 10.6 Å². The Morgan fingerprint density at radius 3 is 2.87 bits per heavy atom. The van der Waals surface area contributed by atoms with Gasteiger partial charge in [0.1, 0.15) is 6.61 Å². The van der Waals surface area contributed by atoms with E-state index < -0.39 is 0 Å². The second-order valence-corrected chi connectivity index (χ2v) is 6.11. The van der Waals surface area contributed by atoms with Gasteiger partial charge in [0.05, 0.1) is 0 Å². The number of fused-ring (bicyclic) bond motifs is 1. The lowest BCUT2D eigenvalue weighted by Crippen LogP contribution is -2.47. The molecule has 1 saturated heterocycles. The van der Waals surface area contributed by atoms with Gasteiger partial charge in [0, 0.05) is 44.0 Å². The van der Waals surface area contributed by atoms with Crippen LogP contribution in [0.25, 0.3) is 0 Å². The van der Waals surface area contributed by atoms with Crippen molar-refractivity contribution in [3.63, 3.8) is 0 Å². The number of anilines is 1. The van der Waals surface area contributed by atoms with E-state index in [1.807, 2.05) is 18.2 Å². The van der Waals surface area contributed by atoms with E-state index in [-0.39, 0.29) is 24.5 Å². The van der Waals surface area contributed by atoms with Gasteiger partial charge in [0.15, 0.2) is 0 Å². The number of piperidine rings is 1. The molecule has 0 bridgehead atoms. The Morgan fingerprint density at radius 1 is 1.35 bits per heavy atom. The highest BCUT2D eigenvalue weighted by molar-refractivity contribution is 5.95. The number of likely N-dealkylation sites (tertiary alicyclic amines) is 1. The smallest absolute Gasteiger partial charge is 0.251 e. The molecule has 3 rings (SSSR count). The minimum Gasteiger partial charge on any atom is -0.384 e. The number of nitrogens with one attached hydrogen (secondary N) is 2. The minimum absolute atomic E-state index is 0.0170. The number of ether oxygens (including phenoxy) is 1. The molecule has 124 valence electrons. The van der Waals surface area contributed by atoms with Crippen molar-refractivity contribution in [2.24, 2.45) is 0 Å². The van der Waals surface area contributed by atoms with E-state index in [1.54, 1.807) is 4.90 Å². The van der Waals surface area contributed by atoms with E-state index in [9.17, 15) is 9.59 Å². The van der Waals surface area contributed by atoms with Crippen LogP contribution in [0, 0.1) is 0 Å². The summed E-state index contributed by atoms with van der Waals surface area (Å²) in [5, 5.41) is 6.38. The zero-order chi connectivity index (χ0) is 16.2. The highest BCUT2D eigenvalue weighted by Gasteiger charge is 2.24. The fourth-order valence-corrected chi connectivity index (χ4v) is 3.20. The number of methoxy groups -OCH3 is 1. The van der Waals surface area contributed by atoms with Crippen LogP contribution in [0.4, 0.5) is 5.69 Å². The molecule has 6 heteroatoms. The third-order valence-corrected chi connectivity index (χ3v) is 4.53. The van der Waals surface area contributed by atoms with Crippen LogP contribution in [0.2, 0.25) is 0 Å². The van der Waals surface area contributed by atoms with Crippen LogP contribution in [0.3, 0.4) is 0 Å². The molecule has 1 fully saturated rings. The summed E-state index contributed by atoms with van der Waals surface area (Å²) in [6, 6.07) is 5.94.